The van der Waals surface area contributed by atoms with Gasteiger partial charge < -0.3 is 5.11 Å². The van der Waals surface area contributed by atoms with Crippen LogP contribution in [0.3, 0.4) is 0 Å². The van der Waals surface area contributed by atoms with Crippen LogP contribution in [0.15, 0.2) is 40.9 Å². The molecule has 1 N–H and O–H groups in total. The monoisotopic (exact) mass is 273 g/mol. The second-order valence-electron chi connectivity index (χ2n) is 3.55. The van der Waals surface area contributed by atoms with Crippen LogP contribution in [0.1, 0.15) is 6.92 Å². The Hall–Kier alpha value is -1.89. The molecule has 0 amide bonds. The quantitative estimate of drug-likeness (QED) is 0.842. The van der Waals surface area contributed by atoms with Crippen molar-refractivity contribution in [2.75, 3.05) is 7.05 Å². The summed E-state index contributed by atoms with van der Waals surface area (Å²) in [5.74, 6) is -1.79. The number of benzene rings is 1. The summed E-state index contributed by atoms with van der Waals surface area (Å²) in [4.78, 5) is 10.4. The number of carboxylic acid groups (broad SMARTS) is 1. The number of hydrogen-bond acceptors (Lipinski definition) is 3. The van der Waals surface area contributed by atoms with E-state index in [2.05, 4.69) is 0 Å². The molecule has 0 bridgehead atoms. The number of allylic oxidation sites excluding steroid dienone is 1. The van der Waals surface area contributed by atoms with Crippen LogP contribution < -0.4 is 0 Å². The maximum Gasteiger partial charge on any atom is 0.330 e. The number of aliphatic carboxylic acids is 1. The van der Waals surface area contributed by atoms with Crippen molar-refractivity contribution in [1.82, 2.24) is 4.31 Å². The molecule has 1 aromatic carbocycles. The second-order valence-corrected chi connectivity index (χ2v) is 5.52. The van der Waals surface area contributed by atoms with E-state index in [9.17, 15) is 17.6 Å². The number of hydrogen-bond donors (Lipinski definition) is 1. The molecular weight excluding hydrogens is 261 g/mol. The molecule has 0 spiro atoms. The summed E-state index contributed by atoms with van der Waals surface area (Å²) in [5.41, 5.74) is 0.0480. The molecule has 18 heavy (non-hydrogen) atoms. The molecule has 0 saturated heterocycles. The van der Waals surface area contributed by atoms with Crippen molar-refractivity contribution in [3.8, 4) is 0 Å². The molecular formula is C11H12FNO4S. The van der Waals surface area contributed by atoms with Gasteiger partial charge in [0.1, 0.15) is 5.82 Å². The summed E-state index contributed by atoms with van der Waals surface area (Å²) in [6, 6.07) is 4.29. The standard InChI is InChI=1S/C11H12FNO4S/c1-8(7-11(14)15)13(2)18(16,17)10-5-3-9(12)4-6-10/h3-7H,1-2H3,(H,14,15). The minimum absolute atomic E-state index is 0.0480. The first kappa shape index (κ1) is 14.2. The van der Waals surface area contributed by atoms with Gasteiger partial charge in [-0.15, -0.1) is 0 Å². The molecule has 7 heteroatoms. The van der Waals surface area contributed by atoms with Crippen LogP contribution in [0.25, 0.3) is 0 Å². The first-order chi connectivity index (χ1) is 8.25. The van der Waals surface area contributed by atoms with Gasteiger partial charge in [0.2, 0.25) is 0 Å². The summed E-state index contributed by atoms with van der Waals surface area (Å²) in [7, 11) is -2.64. The number of rotatable bonds is 4. The summed E-state index contributed by atoms with van der Waals surface area (Å²) in [5, 5.41) is 8.56. The molecule has 0 aromatic heterocycles. The van der Waals surface area contributed by atoms with E-state index in [0.29, 0.717) is 0 Å². The van der Waals surface area contributed by atoms with E-state index in [1.807, 2.05) is 0 Å². The predicted octanol–water partition coefficient (Wildman–Crippen LogP) is 1.43. The van der Waals surface area contributed by atoms with E-state index < -0.39 is 21.8 Å². The summed E-state index contributed by atoms with van der Waals surface area (Å²) >= 11 is 0. The highest BCUT2D eigenvalue weighted by Gasteiger charge is 2.21. The molecule has 0 fully saturated rings. The Morgan fingerprint density at radius 3 is 2.28 bits per heavy atom. The highest BCUT2D eigenvalue weighted by molar-refractivity contribution is 7.89. The Balaban J connectivity index is 3.15. The van der Waals surface area contributed by atoms with E-state index in [-0.39, 0.29) is 10.6 Å². The predicted molar refractivity (Wildman–Crippen MR) is 62.7 cm³/mol. The number of carboxylic acids is 1. The lowest BCUT2D eigenvalue weighted by Gasteiger charge is -2.19. The van der Waals surface area contributed by atoms with E-state index in [1.165, 1.54) is 14.0 Å². The van der Waals surface area contributed by atoms with Gasteiger partial charge in [0, 0.05) is 18.8 Å². The van der Waals surface area contributed by atoms with E-state index in [0.717, 1.165) is 34.6 Å². The molecule has 1 rings (SSSR count). The van der Waals surface area contributed by atoms with Crippen LogP contribution in [-0.2, 0) is 14.8 Å². The van der Waals surface area contributed by atoms with Gasteiger partial charge in [-0.3, -0.25) is 4.31 Å². The maximum atomic E-state index is 12.7. The van der Waals surface area contributed by atoms with Crippen LogP contribution in [-0.4, -0.2) is 30.8 Å². The zero-order chi connectivity index (χ0) is 13.9. The average Bonchev–Trinajstić information content (AvgIpc) is 2.27. The van der Waals surface area contributed by atoms with Gasteiger partial charge >= 0.3 is 5.97 Å². The fourth-order valence-electron chi connectivity index (χ4n) is 1.22. The molecule has 0 atom stereocenters. The Morgan fingerprint density at radius 2 is 1.83 bits per heavy atom. The molecule has 0 radical (unpaired) electrons. The molecule has 98 valence electrons. The Labute approximate surface area is 104 Å². The van der Waals surface area contributed by atoms with Crippen LogP contribution in [0.2, 0.25) is 0 Å². The lowest BCUT2D eigenvalue weighted by Crippen LogP contribution is -2.25. The van der Waals surface area contributed by atoms with Crippen LogP contribution in [0.5, 0.6) is 0 Å². The van der Waals surface area contributed by atoms with Crippen molar-refractivity contribution in [3.63, 3.8) is 0 Å². The van der Waals surface area contributed by atoms with Crippen LogP contribution in [0, 0.1) is 5.82 Å². The van der Waals surface area contributed by atoms with Gasteiger partial charge in [0.15, 0.2) is 0 Å². The number of sulfonamides is 1. The molecule has 0 aliphatic heterocycles. The third-order valence-corrected chi connectivity index (χ3v) is 4.18. The zero-order valence-corrected chi connectivity index (χ0v) is 10.6. The molecule has 5 nitrogen and oxygen atoms in total. The van der Waals surface area contributed by atoms with Crippen molar-refractivity contribution in [2.45, 2.75) is 11.8 Å². The highest BCUT2D eigenvalue weighted by Crippen LogP contribution is 2.18. The lowest BCUT2D eigenvalue weighted by molar-refractivity contribution is -0.131. The minimum Gasteiger partial charge on any atom is -0.478 e. The van der Waals surface area contributed by atoms with Gasteiger partial charge in [0.05, 0.1) is 4.90 Å². The molecule has 1 aromatic rings. The van der Waals surface area contributed by atoms with E-state index in [4.69, 9.17) is 5.11 Å². The number of halogens is 1. The first-order valence-electron chi connectivity index (χ1n) is 4.91. The Bertz CT molecular complexity index is 578. The van der Waals surface area contributed by atoms with Crippen molar-refractivity contribution in [1.29, 1.82) is 0 Å². The smallest absolute Gasteiger partial charge is 0.330 e. The van der Waals surface area contributed by atoms with E-state index in [1.54, 1.807) is 0 Å². The van der Waals surface area contributed by atoms with Crippen molar-refractivity contribution < 1.29 is 22.7 Å². The lowest BCUT2D eigenvalue weighted by atomic mass is 10.4. The van der Waals surface area contributed by atoms with Crippen molar-refractivity contribution in [2.24, 2.45) is 0 Å². The summed E-state index contributed by atoms with van der Waals surface area (Å²) in [6.07, 6.45) is 0.779. The fraction of sp³-hybridized carbons (Fsp3) is 0.182. The molecule has 0 aliphatic rings. The van der Waals surface area contributed by atoms with Gasteiger partial charge in [-0.25, -0.2) is 17.6 Å². The van der Waals surface area contributed by atoms with Crippen LogP contribution >= 0.6 is 0 Å². The average molecular weight is 273 g/mol. The molecule has 0 heterocycles. The molecule has 0 saturated carbocycles. The zero-order valence-electron chi connectivity index (χ0n) is 9.79. The Kier molecular flexibility index (Phi) is 4.07. The maximum absolute atomic E-state index is 12.7. The SMILES string of the molecule is CC(=CC(=O)O)N(C)S(=O)(=O)c1ccc(F)cc1. The topological polar surface area (TPSA) is 74.7 Å². The van der Waals surface area contributed by atoms with Crippen LogP contribution in [0.4, 0.5) is 4.39 Å². The Morgan fingerprint density at radius 1 is 1.33 bits per heavy atom. The number of carbonyl (C=O) groups is 1. The number of nitrogens with zero attached hydrogens (tertiary/aromatic N) is 1. The molecule has 0 aliphatic carbocycles. The van der Waals surface area contributed by atoms with Gasteiger partial charge in [0.25, 0.3) is 10.0 Å². The fourth-order valence-corrected chi connectivity index (χ4v) is 2.45. The highest BCUT2D eigenvalue weighted by atomic mass is 32.2. The minimum atomic E-state index is -3.87. The summed E-state index contributed by atoms with van der Waals surface area (Å²) in [6.45, 7) is 1.36. The van der Waals surface area contributed by atoms with Gasteiger partial charge in [-0.2, -0.15) is 0 Å². The molecule has 0 unspecified atom stereocenters. The summed E-state index contributed by atoms with van der Waals surface area (Å²) < 4.78 is 37.6. The third-order valence-electron chi connectivity index (χ3n) is 2.30. The largest absolute Gasteiger partial charge is 0.478 e. The second kappa shape index (κ2) is 5.18. The van der Waals surface area contributed by atoms with Gasteiger partial charge in [-0.05, 0) is 31.2 Å². The van der Waals surface area contributed by atoms with Crippen molar-refractivity contribution >= 4 is 16.0 Å². The third kappa shape index (κ3) is 3.07. The normalized spacial score (nSPS) is 12.3. The van der Waals surface area contributed by atoms with Crippen molar-refractivity contribution in [3.05, 3.63) is 41.9 Å². The van der Waals surface area contributed by atoms with Gasteiger partial charge in [-0.1, -0.05) is 0 Å². The van der Waals surface area contributed by atoms with E-state index >= 15 is 0 Å². The first-order valence-corrected chi connectivity index (χ1v) is 6.35.